The van der Waals surface area contributed by atoms with E-state index in [0.717, 1.165) is 0 Å². The van der Waals surface area contributed by atoms with Gasteiger partial charge in [0.1, 0.15) is 11.6 Å². The summed E-state index contributed by atoms with van der Waals surface area (Å²) in [7, 11) is 1.53. The largest absolute Gasteiger partial charge is 0.478 e. The Balaban J connectivity index is 2.55. The predicted octanol–water partition coefficient (Wildman–Crippen LogP) is 0.436. The SMILES string of the molecule is CNC(=O)C(C)n1nnc2ccc(C(=O)O)cc21. The van der Waals surface area contributed by atoms with E-state index in [-0.39, 0.29) is 11.5 Å². The van der Waals surface area contributed by atoms with Crippen LogP contribution >= 0.6 is 0 Å². The summed E-state index contributed by atoms with van der Waals surface area (Å²) in [6.45, 7) is 1.67. The number of likely N-dealkylation sites (N-methyl/N-ethyl adjacent to an activating group) is 1. The number of nitrogens with zero attached hydrogens (tertiary/aromatic N) is 3. The third-order valence-corrected chi connectivity index (χ3v) is 2.71. The van der Waals surface area contributed by atoms with Gasteiger partial charge >= 0.3 is 5.97 Å². The highest BCUT2D eigenvalue weighted by molar-refractivity contribution is 5.92. The predicted molar refractivity (Wildman–Crippen MR) is 63.3 cm³/mol. The van der Waals surface area contributed by atoms with Gasteiger partial charge in [0.25, 0.3) is 0 Å². The molecule has 0 fully saturated rings. The molecule has 0 bridgehead atoms. The van der Waals surface area contributed by atoms with Gasteiger partial charge in [-0.3, -0.25) is 4.79 Å². The summed E-state index contributed by atoms with van der Waals surface area (Å²) in [6, 6.07) is 3.92. The number of carboxylic acids is 1. The van der Waals surface area contributed by atoms with Crippen molar-refractivity contribution in [1.82, 2.24) is 20.3 Å². The van der Waals surface area contributed by atoms with Crippen LogP contribution in [0.3, 0.4) is 0 Å². The van der Waals surface area contributed by atoms with E-state index in [1.54, 1.807) is 13.0 Å². The Kier molecular flexibility index (Phi) is 2.97. The van der Waals surface area contributed by atoms with Gasteiger partial charge in [-0.25, -0.2) is 9.48 Å². The average molecular weight is 248 g/mol. The van der Waals surface area contributed by atoms with Crippen molar-refractivity contribution in [2.24, 2.45) is 0 Å². The normalized spacial score (nSPS) is 12.3. The van der Waals surface area contributed by atoms with E-state index < -0.39 is 12.0 Å². The van der Waals surface area contributed by atoms with Crippen molar-refractivity contribution in [3.63, 3.8) is 0 Å². The lowest BCUT2D eigenvalue weighted by atomic mass is 10.2. The Morgan fingerprint density at radius 2 is 2.17 bits per heavy atom. The van der Waals surface area contributed by atoms with Gasteiger partial charge in [-0.1, -0.05) is 5.21 Å². The fourth-order valence-corrected chi connectivity index (χ4v) is 1.68. The van der Waals surface area contributed by atoms with Crippen LogP contribution in [0.25, 0.3) is 11.0 Å². The van der Waals surface area contributed by atoms with Gasteiger partial charge in [0.15, 0.2) is 0 Å². The summed E-state index contributed by atoms with van der Waals surface area (Å²) in [5, 5.41) is 19.2. The van der Waals surface area contributed by atoms with E-state index in [0.29, 0.717) is 11.0 Å². The third kappa shape index (κ3) is 1.90. The Bertz CT molecular complexity index is 620. The number of hydrogen-bond acceptors (Lipinski definition) is 4. The Morgan fingerprint density at radius 3 is 2.78 bits per heavy atom. The second kappa shape index (κ2) is 4.44. The fourth-order valence-electron chi connectivity index (χ4n) is 1.68. The minimum absolute atomic E-state index is 0.134. The maximum absolute atomic E-state index is 11.6. The number of hydrogen-bond donors (Lipinski definition) is 2. The molecule has 7 heteroatoms. The zero-order valence-corrected chi connectivity index (χ0v) is 9.91. The summed E-state index contributed by atoms with van der Waals surface area (Å²) in [5.41, 5.74) is 1.21. The highest BCUT2D eigenvalue weighted by Gasteiger charge is 2.18. The molecule has 1 aromatic heterocycles. The first-order valence-electron chi connectivity index (χ1n) is 5.34. The molecular weight excluding hydrogens is 236 g/mol. The lowest BCUT2D eigenvalue weighted by molar-refractivity contribution is -0.123. The number of amides is 1. The molecule has 0 aliphatic rings. The minimum atomic E-state index is -1.03. The smallest absolute Gasteiger partial charge is 0.335 e. The maximum Gasteiger partial charge on any atom is 0.335 e. The molecule has 0 aliphatic carbocycles. The quantitative estimate of drug-likeness (QED) is 0.821. The van der Waals surface area contributed by atoms with E-state index in [9.17, 15) is 9.59 Å². The number of nitrogens with one attached hydrogen (secondary N) is 1. The van der Waals surface area contributed by atoms with Crippen LogP contribution in [0, 0.1) is 0 Å². The van der Waals surface area contributed by atoms with Crippen molar-refractivity contribution in [3.05, 3.63) is 23.8 Å². The molecule has 1 heterocycles. The molecule has 2 N–H and O–H groups in total. The van der Waals surface area contributed by atoms with Crippen molar-refractivity contribution in [2.75, 3.05) is 7.05 Å². The van der Waals surface area contributed by atoms with Gasteiger partial charge in [0.05, 0.1) is 11.1 Å². The molecule has 1 amide bonds. The van der Waals surface area contributed by atoms with E-state index in [1.807, 2.05) is 0 Å². The van der Waals surface area contributed by atoms with Crippen LogP contribution < -0.4 is 5.32 Å². The molecule has 2 aromatic rings. The zero-order chi connectivity index (χ0) is 13.3. The molecule has 2 rings (SSSR count). The van der Waals surface area contributed by atoms with E-state index >= 15 is 0 Å². The second-order valence-electron chi connectivity index (χ2n) is 3.83. The van der Waals surface area contributed by atoms with E-state index in [4.69, 9.17) is 5.11 Å². The Hall–Kier alpha value is -2.44. The molecule has 0 radical (unpaired) electrons. The number of aromatic nitrogens is 3. The van der Waals surface area contributed by atoms with Crippen LogP contribution in [0.1, 0.15) is 23.3 Å². The molecule has 0 saturated heterocycles. The van der Waals surface area contributed by atoms with Crippen molar-refractivity contribution in [2.45, 2.75) is 13.0 Å². The highest BCUT2D eigenvalue weighted by Crippen LogP contribution is 2.17. The molecule has 18 heavy (non-hydrogen) atoms. The minimum Gasteiger partial charge on any atom is -0.478 e. The van der Waals surface area contributed by atoms with Gasteiger partial charge in [0, 0.05) is 7.05 Å². The molecule has 0 aliphatic heterocycles. The van der Waals surface area contributed by atoms with Gasteiger partial charge in [-0.2, -0.15) is 0 Å². The molecule has 94 valence electrons. The maximum atomic E-state index is 11.6. The fraction of sp³-hybridized carbons (Fsp3) is 0.273. The first-order valence-corrected chi connectivity index (χ1v) is 5.34. The van der Waals surface area contributed by atoms with Gasteiger partial charge < -0.3 is 10.4 Å². The molecule has 1 unspecified atom stereocenters. The number of carbonyl (C=O) groups excluding carboxylic acids is 1. The van der Waals surface area contributed by atoms with Gasteiger partial charge in [-0.05, 0) is 25.1 Å². The number of rotatable bonds is 3. The molecular formula is C11H12N4O3. The molecule has 1 aromatic carbocycles. The topological polar surface area (TPSA) is 97.1 Å². The van der Waals surface area contributed by atoms with Gasteiger partial charge in [-0.15, -0.1) is 5.10 Å². The summed E-state index contributed by atoms with van der Waals surface area (Å²) in [5.74, 6) is -1.25. The number of aromatic carboxylic acids is 1. The second-order valence-corrected chi connectivity index (χ2v) is 3.83. The van der Waals surface area contributed by atoms with Crippen LogP contribution in [-0.4, -0.2) is 39.0 Å². The number of benzene rings is 1. The molecule has 7 nitrogen and oxygen atoms in total. The number of carboxylic acid groups (broad SMARTS) is 1. The first kappa shape index (κ1) is 12.0. The lowest BCUT2D eigenvalue weighted by Gasteiger charge is -2.10. The van der Waals surface area contributed by atoms with Crippen LogP contribution in [0.2, 0.25) is 0 Å². The lowest BCUT2D eigenvalue weighted by Crippen LogP contribution is -2.28. The number of fused-ring (bicyclic) bond motifs is 1. The molecule has 1 atom stereocenters. The van der Waals surface area contributed by atoms with Crippen LogP contribution in [0.4, 0.5) is 0 Å². The average Bonchev–Trinajstić information content (AvgIpc) is 2.79. The van der Waals surface area contributed by atoms with E-state index in [1.165, 1.54) is 23.9 Å². The van der Waals surface area contributed by atoms with Crippen LogP contribution in [0.15, 0.2) is 18.2 Å². The van der Waals surface area contributed by atoms with Crippen LogP contribution in [0.5, 0.6) is 0 Å². The zero-order valence-electron chi connectivity index (χ0n) is 9.91. The summed E-state index contributed by atoms with van der Waals surface area (Å²) >= 11 is 0. The van der Waals surface area contributed by atoms with Crippen LogP contribution in [-0.2, 0) is 4.79 Å². The monoisotopic (exact) mass is 248 g/mol. The summed E-state index contributed by atoms with van der Waals surface area (Å²) in [6.07, 6.45) is 0. The Morgan fingerprint density at radius 1 is 1.44 bits per heavy atom. The van der Waals surface area contributed by atoms with E-state index in [2.05, 4.69) is 15.6 Å². The highest BCUT2D eigenvalue weighted by atomic mass is 16.4. The van der Waals surface area contributed by atoms with Crippen molar-refractivity contribution in [3.8, 4) is 0 Å². The Labute approximate surface area is 102 Å². The molecule has 0 spiro atoms. The molecule has 0 saturated carbocycles. The number of carbonyl (C=O) groups is 2. The summed E-state index contributed by atoms with van der Waals surface area (Å²) in [4.78, 5) is 22.5. The van der Waals surface area contributed by atoms with Gasteiger partial charge in [0.2, 0.25) is 5.91 Å². The standard InChI is InChI=1S/C11H12N4O3/c1-6(10(16)12-2)15-9-5-7(11(17)18)3-4-8(9)13-14-15/h3-6H,1-2H3,(H,12,16)(H,17,18). The first-order chi connectivity index (χ1) is 8.54. The van der Waals surface area contributed by atoms with Crippen molar-refractivity contribution >= 4 is 22.9 Å². The third-order valence-electron chi connectivity index (χ3n) is 2.71. The van der Waals surface area contributed by atoms with Crippen molar-refractivity contribution in [1.29, 1.82) is 0 Å². The summed E-state index contributed by atoms with van der Waals surface area (Å²) < 4.78 is 1.40. The van der Waals surface area contributed by atoms with Crippen molar-refractivity contribution < 1.29 is 14.7 Å².